The van der Waals surface area contributed by atoms with Gasteiger partial charge in [-0.05, 0) is 49.6 Å². The van der Waals surface area contributed by atoms with Gasteiger partial charge in [0.2, 0.25) is 0 Å². The van der Waals surface area contributed by atoms with E-state index in [4.69, 9.17) is 4.74 Å². The number of carbonyl (C=O) groups is 1. The number of amides is 1. The standard InChI is InChI=1S/C24H27NO2/c1-18(21-16-10-14-20-13-8-9-15-22(20)21)25(23(26)27-24(2,3)4)17-19-11-6-5-7-12-19/h5-16,18H,17H2,1-4H3. The molecule has 0 spiro atoms. The highest BCUT2D eigenvalue weighted by atomic mass is 16.6. The van der Waals surface area contributed by atoms with Crippen molar-refractivity contribution in [1.82, 2.24) is 4.90 Å². The average Bonchev–Trinajstić information content (AvgIpc) is 2.64. The second-order valence-corrected chi connectivity index (χ2v) is 7.84. The smallest absolute Gasteiger partial charge is 0.411 e. The molecule has 3 aromatic carbocycles. The zero-order valence-corrected chi connectivity index (χ0v) is 16.5. The van der Waals surface area contributed by atoms with Crippen LogP contribution in [0.3, 0.4) is 0 Å². The molecule has 1 atom stereocenters. The molecule has 0 heterocycles. The van der Waals surface area contributed by atoms with E-state index < -0.39 is 5.60 Å². The van der Waals surface area contributed by atoms with E-state index in [1.54, 1.807) is 0 Å². The molecule has 0 bridgehead atoms. The first-order valence-corrected chi connectivity index (χ1v) is 9.36. The highest BCUT2D eigenvalue weighted by molar-refractivity contribution is 5.86. The molecule has 0 saturated heterocycles. The summed E-state index contributed by atoms with van der Waals surface area (Å²) >= 11 is 0. The van der Waals surface area contributed by atoms with E-state index >= 15 is 0 Å². The molecule has 3 aromatic rings. The number of carbonyl (C=O) groups excluding carboxylic acids is 1. The van der Waals surface area contributed by atoms with Gasteiger partial charge in [-0.1, -0.05) is 72.8 Å². The molecule has 0 aromatic heterocycles. The highest BCUT2D eigenvalue weighted by Gasteiger charge is 2.27. The van der Waals surface area contributed by atoms with Crippen LogP contribution >= 0.6 is 0 Å². The maximum Gasteiger partial charge on any atom is 0.411 e. The van der Waals surface area contributed by atoms with Crippen molar-refractivity contribution in [1.29, 1.82) is 0 Å². The fraction of sp³-hybridized carbons (Fsp3) is 0.292. The molecule has 1 unspecified atom stereocenters. The van der Waals surface area contributed by atoms with Crippen LogP contribution in [0, 0.1) is 0 Å². The molecule has 3 heteroatoms. The summed E-state index contributed by atoms with van der Waals surface area (Å²) in [6.07, 6.45) is -0.299. The van der Waals surface area contributed by atoms with E-state index in [9.17, 15) is 4.79 Å². The van der Waals surface area contributed by atoms with E-state index in [0.717, 1.165) is 16.5 Å². The fourth-order valence-corrected chi connectivity index (χ4v) is 3.24. The molecule has 140 valence electrons. The number of hydrogen-bond acceptors (Lipinski definition) is 2. The van der Waals surface area contributed by atoms with Gasteiger partial charge in [-0.2, -0.15) is 0 Å². The van der Waals surface area contributed by atoms with E-state index in [-0.39, 0.29) is 12.1 Å². The number of fused-ring (bicyclic) bond motifs is 1. The van der Waals surface area contributed by atoms with Gasteiger partial charge >= 0.3 is 6.09 Å². The average molecular weight is 361 g/mol. The Kier molecular flexibility index (Phi) is 5.50. The van der Waals surface area contributed by atoms with Gasteiger partial charge in [0.1, 0.15) is 5.60 Å². The Labute approximate surface area is 161 Å². The van der Waals surface area contributed by atoms with E-state index in [1.165, 1.54) is 5.39 Å². The number of benzene rings is 3. The summed E-state index contributed by atoms with van der Waals surface area (Å²) in [6.45, 7) is 8.26. The van der Waals surface area contributed by atoms with Crippen LogP contribution in [0.25, 0.3) is 10.8 Å². The molecule has 1 amide bonds. The number of ether oxygens (including phenoxy) is 1. The molecule has 0 saturated carbocycles. The minimum atomic E-state index is -0.537. The van der Waals surface area contributed by atoms with Crippen molar-refractivity contribution in [2.45, 2.75) is 45.9 Å². The van der Waals surface area contributed by atoms with E-state index in [2.05, 4.69) is 31.2 Å². The van der Waals surface area contributed by atoms with Gasteiger partial charge in [0.05, 0.1) is 6.04 Å². The molecule has 0 N–H and O–H groups in total. The first kappa shape index (κ1) is 19.0. The van der Waals surface area contributed by atoms with Gasteiger partial charge < -0.3 is 4.74 Å². The predicted molar refractivity (Wildman–Crippen MR) is 111 cm³/mol. The van der Waals surface area contributed by atoms with Gasteiger partial charge in [0.25, 0.3) is 0 Å². The third-order valence-electron chi connectivity index (χ3n) is 4.56. The topological polar surface area (TPSA) is 29.5 Å². The van der Waals surface area contributed by atoms with Crippen molar-refractivity contribution < 1.29 is 9.53 Å². The minimum absolute atomic E-state index is 0.119. The van der Waals surface area contributed by atoms with Crippen molar-refractivity contribution in [3.05, 3.63) is 83.9 Å². The predicted octanol–water partition coefficient (Wildman–Crippen LogP) is 6.34. The zero-order valence-electron chi connectivity index (χ0n) is 16.5. The minimum Gasteiger partial charge on any atom is -0.444 e. The maximum absolute atomic E-state index is 13.0. The molecule has 3 rings (SSSR count). The van der Waals surface area contributed by atoms with Crippen molar-refractivity contribution in [2.24, 2.45) is 0 Å². The second kappa shape index (κ2) is 7.83. The Hall–Kier alpha value is -2.81. The van der Waals surface area contributed by atoms with Crippen molar-refractivity contribution >= 4 is 16.9 Å². The summed E-state index contributed by atoms with van der Waals surface area (Å²) in [4.78, 5) is 14.8. The van der Waals surface area contributed by atoms with E-state index in [0.29, 0.717) is 6.54 Å². The number of hydrogen-bond donors (Lipinski definition) is 0. The zero-order chi connectivity index (χ0) is 19.4. The summed E-state index contributed by atoms with van der Waals surface area (Å²) in [7, 11) is 0. The van der Waals surface area contributed by atoms with Crippen LogP contribution in [0.15, 0.2) is 72.8 Å². The van der Waals surface area contributed by atoms with Crippen LogP contribution in [-0.4, -0.2) is 16.6 Å². The summed E-state index contributed by atoms with van der Waals surface area (Å²) in [5.41, 5.74) is 1.66. The third-order valence-corrected chi connectivity index (χ3v) is 4.56. The molecule has 0 aliphatic heterocycles. The quantitative estimate of drug-likeness (QED) is 0.543. The second-order valence-electron chi connectivity index (χ2n) is 7.84. The highest BCUT2D eigenvalue weighted by Crippen LogP contribution is 2.30. The van der Waals surface area contributed by atoms with Crippen LogP contribution < -0.4 is 0 Å². The Bertz CT molecular complexity index is 907. The summed E-state index contributed by atoms with van der Waals surface area (Å²) < 4.78 is 5.71. The maximum atomic E-state index is 13.0. The van der Waals surface area contributed by atoms with Crippen LogP contribution in [0.2, 0.25) is 0 Å². The van der Waals surface area contributed by atoms with Crippen LogP contribution in [0.4, 0.5) is 4.79 Å². The Morgan fingerprint density at radius 2 is 1.56 bits per heavy atom. The summed E-state index contributed by atoms with van der Waals surface area (Å²) in [6, 6.07) is 24.4. The third kappa shape index (κ3) is 4.68. The lowest BCUT2D eigenvalue weighted by molar-refractivity contribution is 0.0154. The first-order valence-electron chi connectivity index (χ1n) is 9.36. The number of rotatable bonds is 4. The van der Waals surface area contributed by atoms with E-state index in [1.807, 2.05) is 74.2 Å². The normalized spacial score (nSPS) is 12.6. The molecule has 27 heavy (non-hydrogen) atoms. The van der Waals surface area contributed by atoms with Crippen LogP contribution in [0.5, 0.6) is 0 Å². The summed E-state index contributed by atoms with van der Waals surface area (Å²) in [5.74, 6) is 0. The lowest BCUT2D eigenvalue weighted by atomic mass is 9.98. The van der Waals surface area contributed by atoms with Gasteiger partial charge in [-0.25, -0.2) is 4.79 Å². The lowest BCUT2D eigenvalue weighted by Gasteiger charge is -2.32. The fourth-order valence-electron chi connectivity index (χ4n) is 3.24. The van der Waals surface area contributed by atoms with Gasteiger partial charge in [0.15, 0.2) is 0 Å². The van der Waals surface area contributed by atoms with Gasteiger partial charge in [-0.15, -0.1) is 0 Å². The Morgan fingerprint density at radius 1 is 0.926 bits per heavy atom. The Balaban J connectivity index is 1.99. The molecule has 0 radical (unpaired) electrons. The molecule has 0 fully saturated rings. The van der Waals surface area contributed by atoms with Crippen molar-refractivity contribution in [2.75, 3.05) is 0 Å². The largest absolute Gasteiger partial charge is 0.444 e. The number of nitrogens with zero attached hydrogens (tertiary/aromatic N) is 1. The molecule has 0 aliphatic carbocycles. The molecule has 3 nitrogen and oxygen atoms in total. The first-order chi connectivity index (χ1) is 12.8. The monoisotopic (exact) mass is 361 g/mol. The molecule has 0 aliphatic rings. The van der Waals surface area contributed by atoms with Crippen molar-refractivity contribution in [3.63, 3.8) is 0 Å². The molecular weight excluding hydrogens is 334 g/mol. The SMILES string of the molecule is CC(c1cccc2ccccc12)N(Cc1ccccc1)C(=O)OC(C)(C)C. The van der Waals surface area contributed by atoms with Gasteiger partial charge in [0, 0.05) is 6.54 Å². The van der Waals surface area contributed by atoms with Crippen molar-refractivity contribution in [3.8, 4) is 0 Å². The lowest BCUT2D eigenvalue weighted by Crippen LogP contribution is -2.38. The summed E-state index contributed by atoms with van der Waals surface area (Å²) in [5, 5.41) is 2.33. The molecular formula is C24H27NO2. The van der Waals surface area contributed by atoms with Crippen LogP contribution in [0.1, 0.15) is 44.9 Å². The van der Waals surface area contributed by atoms with Crippen LogP contribution in [-0.2, 0) is 11.3 Å². The van der Waals surface area contributed by atoms with Gasteiger partial charge in [-0.3, -0.25) is 4.90 Å². The Morgan fingerprint density at radius 3 is 2.26 bits per heavy atom.